The van der Waals surface area contributed by atoms with E-state index in [0.717, 1.165) is 17.5 Å². The van der Waals surface area contributed by atoms with E-state index in [9.17, 15) is 13.2 Å². The summed E-state index contributed by atoms with van der Waals surface area (Å²) in [6.07, 6.45) is 3.54. The number of ether oxygens (including phenoxy) is 1. The molecule has 0 fully saturated rings. The van der Waals surface area contributed by atoms with Crippen LogP contribution < -0.4 is 4.72 Å². The number of esters is 1. The van der Waals surface area contributed by atoms with Crippen LogP contribution in [0.3, 0.4) is 0 Å². The zero-order valence-electron chi connectivity index (χ0n) is 14.4. The lowest BCUT2D eigenvalue weighted by Gasteiger charge is -2.12. The minimum absolute atomic E-state index is 0.183. The number of rotatable bonds is 6. The first-order valence-electron chi connectivity index (χ1n) is 7.84. The van der Waals surface area contributed by atoms with E-state index in [-0.39, 0.29) is 4.90 Å². The third-order valence-electron chi connectivity index (χ3n) is 3.70. The molecule has 5 nitrogen and oxygen atoms in total. The maximum absolute atomic E-state index is 12.6. The molecule has 0 saturated heterocycles. The van der Waals surface area contributed by atoms with Gasteiger partial charge in [-0.15, -0.1) is 0 Å². The molecule has 0 saturated carbocycles. The molecule has 0 aromatic heterocycles. The number of hydrogen-bond donors (Lipinski definition) is 1. The highest BCUT2D eigenvalue weighted by molar-refractivity contribution is 7.92. The second-order valence-electron chi connectivity index (χ2n) is 5.55. The van der Waals surface area contributed by atoms with Gasteiger partial charge in [-0.05, 0) is 48.7 Å². The number of anilines is 1. The van der Waals surface area contributed by atoms with Gasteiger partial charge in [0.05, 0.1) is 17.7 Å². The van der Waals surface area contributed by atoms with Crippen molar-refractivity contribution in [2.24, 2.45) is 0 Å². The molecule has 0 radical (unpaired) electrons. The van der Waals surface area contributed by atoms with Crippen LogP contribution in [0.1, 0.15) is 23.6 Å². The minimum Gasteiger partial charge on any atom is -0.466 e. The van der Waals surface area contributed by atoms with Crippen LogP contribution in [0, 0.1) is 6.92 Å². The van der Waals surface area contributed by atoms with Crippen LogP contribution in [-0.4, -0.2) is 21.5 Å². The lowest BCUT2D eigenvalue weighted by molar-refractivity contribution is -0.134. The van der Waals surface area contributed by atoms with Crippen LogP contribution >= 0.6 is 0 Å². The number of methoxy groups -OCH3 is 1. The standard InChI is InChI=1S/C19H21NO4S/c1-4-15-7-8-16(9-12-19(21)24-3)18(13-15)20-25(22,23)17-10-5-14(2)6-11-17/h5-13,20H,4H2,1-3H3/b12-9+. The molecular weight excluding hydrogens is 338 g/mol. The monoisotopic (exact) mass is 359 g/mol. The summed E-state index contributed by atoms with van der Waals surface area (Å²) >= 11 is 0. The Balaban J connectivity index is 2.40. The van der Waals surface area contributed by atoms with Crippen LogP contribution in [0.25, 0.3) is 6.08 Å². The van der Waals surface area contributed by atoms with E-state index in [1.54, 1.807) is 36.4 Å². The van der Waals surface area contributed by atoms with E-state index in [1.165, 1.54) is 19.3 Å². The van der Waals surface area contributed by atoms with Crippen molar-refractivity contribution in [1.82, 2.24) is 0 Å². The Labute approximate surface area is 148 Å². The highest BCUT2D eigenvalue weighted by Crippen LogP contribution is 2.24. The van der Waals surface area contributed by atoms with E-state index in [0.29, 0.717) is 11.3 Å². The van der Waals surface area contributed by atoms with Crippen molar-refractivity contribution in [3.63, 3.8) is 0 Å². The smallest absolute Gasteiger partial charge is 0.330 e. The van der Waals surface area contributed by atoms with Gasteiger partial charge in [0.15, 0.2) is 0 Å². The number of nitrogens with one attached hydrogen (secondary N) is 1. The van der Waals surface area contributed by atoms with Crippen LogP contribution in [0.2, 0.25) is 0 Å². The van der Waals surface area contributed by atoms with Gasteiger partial charge in [-0.1, -0.05) is 36.8 Å². The Kier molecular flexibility index (Phi) is 5.98. The highest BCUT2D eigenvalue weighted by Gasteiger charge is 2.15. The number of hydrogen-bond acceptors (Lipinski definition) is 4. The Morgan fingerprint density at radius 1 is 1.16 bits per heavy atom. The van der Waals surface area contributed by atoms with E-state index in [1.807, 2.05) is 19.9 Å². The minimum atomic E-state index is -3.72. The van der Waals surface area contributed by atoms with E-state index in [2.05, 4.69) is 9.46 Å². The number of sulfonamides is 1. The van der Waals surface area contributed by atoms with Crippen LogP contribution in [0.15, 0.2) is 53.4 Å². The predicted molar refractivity (Wildman–Crippen MR) is 98.9 cm³/mol. The van der Waals surface area contributed by atoms with Crippen molar-refractivity contribution in [3.05, 3.63) is 65.2 Å². The summed E-state index contributed by atoms with van der Waals surface area (Å²) in [6, 6.07) is 12.0. The molecular formula is C19H21NO4S. The Morgan fingerprint density at radius 3 is 2.44 bits per heavy atom. The fourth-order valence-electron chi connectivity index (χ4n) is 2.20. The van der Waals surface area contributed by atoms with Crippen LogP contribution in [-0.2, 0) is 26.0 Å². The molecule has 0 bridgehead atoms. The molecule has 1 N–H and O–H groups in total. The Hall–Kier alpha value is -2.60. The summed E-state index contributed by atoms with van der Waals surface area (Å²) in [5.41, 5.74) is 2.96. The zero-order valence-corrected chi connectivity index (χ0v) is 15.3. The SMILES string of the molecule is CCc1ccc(/C=C/C(=O)OC)c(NS(=O)(=O)c2ccc(C)cc2)c1. The van der Waals surface area contributed by atoms with Gasteiger partial charge in [-0.2, -0.15) is 0 Å². The summed E-state index contributed by atoms with van der Waals surface area (Å²) in [5.74, 6) is -0.507. The third-order valence-corrected chi connectivity index (χ3v) is 5.08. The summed E-state index contributed by atoms with van der Waals surface area (Å²) in [4.78, 5) is 11.5. The molecule has 0 heterocycles. The molecule has 0 aliphatic rings. The Morgan fingerprint density at radius 2 is 1.84 bits per heavy atom. The quantitative estimate of drug-likeness (QED) is 0.632. The lowest BCUT2D eigenvalue weighted by Crippen LogP contribution is -2.14. The van der Waals surface area contributed by atoms with Crippen LogP contribution in [0.5, 0.6) is 0 Å². The van der Waals surface area contributed by atoms with Crippen molar-refractivity contribution in [2.75, 3.05) is 11.8 Å². The van der Waals surface area contributed by atoms with Gasteiger partial charge in [0, 0.05) is 6.08 Å². The molecule has 0 aliphatic heterocycles. The second-order valence-corrected chi connectivity index (χ2v) is 7.23. The number of carbonyl (C=O) groups is 1. The van der Waals surface area contributed by atoms with Gasteiger partial charge >= 0.3 is 5.97 Å². The normalized spacial score (nSPS) is 11.5. The molecule has 2 aromatic rings. The summed E-state index contributed by atoms with van der Waals surface area (Å²) in [5, 5.41) is 0. The molecule has 0 spiro atoms. The molecule has 25 heavy (non-hydrogen) atoms. The zero-order chi connectivity index (χ0) is 18.4. The van der Waals surface area contributed by atoms with Crippen LogP contribution in [0.4, 0.5) is 5.69 Å². The van der Waals surface area contributed by atoms with Gasteiger partial charge in [0.1, 0.15) is 0 Å². The average Bonchev–Trinajstić information content (AvgIpc) is 2.60. The maximum atomic E-state index is 12.6. The van der Waals surface area contributed by atoms with Crippen molar-refractivity contribution < 1.29 is 17.9 Å². The number of benzene rings is 2. The Bertz CT molecular complexity index is 884. The molecule has 0 atom stereocenters. The topological polar surface area (TPSA) is 72.5 Å². The highest BCUT2D eigenvalue weighted by atomic mass is 32.2. The molecule has 6 heteroatoms. The second kappa shape index (κ2) is 7.98. The lowest BCUT2D eigenvalue weighted by atomic mass is 10.1. The average molecular weight is 359 g/mol. The molecule has 132 valence electrons. The molecule has 2 rings (SSSR count). The first kappa shape index (κ1) is 18.7. The van der Waals surface area contributed by atoms with Gasteiger partial charge in [0.25, 0.3) is 10.0 Å². The largest absolute Gasteiger partial charge is 0.466 e. The van der Waals surface area contributed by atoms with Gasteiger partial charge in [0.2, 0.25) is 0 Å². The fourth-order valence-corrected chi connectivity index (χ4v) is 3.28. The third kappa shape index (κ3) is 4.93. The van der Waals surface area contributed by atoms with E-state index in [4.69, 9.17) is 0 Å². The summed E-state index contributed by atoms with van der Waals surface area (Å²) in [6.45, 7) is 3.88. The van der Waals surface area contributed by atoms with E-state index < -0.39 is 16.0 Å². The number of carbonyl (C=O) groups excluding carboxylic acids is 1. The van der Waals surface area contributed by atoms with Gasteiger partial charge in [-0.25, -0.2) is 13.2 Å². The summed E-state index contributed by atoms with van der Waals surface area (Å²) in [7, 11) is -2.44. The van der Waals surface area contributed by atoms with Gasteiger partial charge in [-0.3, -0.25) is 4.72 Å². The maximum Gasteiger partial charge on any atom is 0.330 e. The molecule has 0 aliphatic carbocycles. The summed E-state index contributed by atoms with van der Waals surface area (Å²) < 4.78 is 32.4. The molecule has 0 amide bonds. The predicted octanol–water partition coefficient (Wildman–Crippen LogP) is 3.54. The fraction of sp³-hybridized carbons (Fsp3) is 0.211. The first-order chi connectivity index (χ1) is 11.9. The molecule has 0 unspecified atom stereocenters. The molecule has 2 aromatic carbocycles. The van der Waals surface area contributed by atoms with Crippen molar-refractivity contribution in [3.8, 4) is 0 Å². The van der Waals surface area contributed by atoms with E-state index >= 15 is 0 Å². The van der Waals surface area contributed by atoms with Crippen molar-refractivity contribution >= 4 is 27.8 Å². The first-order valence-corrected chi connectivity index (χ1v) is 9.32. The number of aryl methyl sites for hydroxylation is 2. The van der Waals surface area contributed by atoms with Crippen molar-refractivity contribution in [1.29, 1.82) is 0 Å². The van der Waals surface area contributed by atoms with Crippen molar-refractivity contribution in [2.45, 2.75) is 25.2 Å². The van der Waals surface area contributed by atoms with Gasteiger partial charge < -0.3 is 4.74 Å².